The van der Waals surface area contributed by atoms with Crippen LogP contribution in [0.2, 0.25) is 0 Å². The third-order valence-corrected chi connectivity index (χ3v) is 13.0. The lowest BCUT2D eigenvalue weighted by molar-refractivity contribution is -0.870. The smallest absolute Gasteiger partial charge is 0.268 e. The molecule has 0 aromatic carbocycles. The van der Waals surface area contributed by atoms with Gasteiger partial charge in [-0.2, -0.15) is 0 Å². The minimum atomic E-state index is -4.62. The molecule has 0 bridgehead atoms. The summed E-state index contributed by atoms with van der Waals surface area (Å²) in [5.41, 5.74) is 0. The number of likely N-dealkylation sites (N-methyl/N-ethyl adjacent to an activating group) is 1. The number of phosphoric acid groups is 1. The minimum Gasteiger partial charge on any atom is -0.756 e. The number of rotatable bonds is 50. The van der Waals surface area contributed by atoms with Crippen LogP contribution in [0.3, 0.4) is 0 Å². The predicted octanol–water partition coefficient (Wildman–Crippen LogP) is 16.4. The molecule has 8 nitrogen and oxygen atoms in total. The third kappa shape index (κ3) is 53.1. The Hall–Kier alpha value is -2.58. The van der Waals surface area contributed by atoms with Crippen LogP contribution >= 0.6 is 7.82 Å². The molecule has 0 aliphatic heterocycles. The molecule has 2 N–H and O–H groups in total. The molecule has 0 aliphatic carbocycles. The van der Waals surface area contributed by atoms with Crippen molar-refractivity contribution in [1.82, 2.24) is 5.32 Å². The highest BCUT2D eigenvalue weighted by Gasteiger charge is 2.23. The Morgan fingerprint density at radius 3 is 1.35 bits per heavy atom. The number of nitrogens with one attached hydrogen (secondary N) is 1. The predicted molar refractivity (Wildman–Crippen MR) is 297 cm³/mol. The van der Waals surface area contributed by atoms with Crippen LogP contribution in [0.5, 0.6) is 0 Å². The van der Waals surface area contributed by atoms with Crippen molar-refractivity contribution in [3.63, 3.8) is 0 Å². The number of allylic oxidation sites excluding steroid dienone is 15. The maximum Gasteiger partial charge on any atom is 0.268 e. The van der Waals surface area contributed by atoms with Gasteiger partial charge in [-0.1, -0.05) is 233 Å². The molecule has 398 valence electrons. The highest BCUT2D eigenvalue weighted by molar-refractivity contribution is 7.45. The maximum atomic E-state index is 12.9. The summed E-state index contributed by atoms with van der Waals surface area (Å²) < 4.78 is 23.3. The van der Waals surface area contributed by atoms with Crippen LogP contribution in [0.15, 0.2) is 97.2 Å². The highest BCUT2D eigenvalue weighted by Crippen LogP contribution is 2.38. The Bertz CT molecular complexity index is 1440. The average molecular weight is 983 g/mol. The number of hydrogen-bond acceptors (Lipinski definition) is 6. The number of nitrogens with zero attached hydrogens (tertiary/aromatic N) is 1. The normalized spacial score (nSPS) is 14.7. The number of unbranched alkanes of at least 4 members (excludes halogenated alkanes) is 23. The van der Waals surface area contributed by atoms with Gasteiger partial charge in [0.25, 0.3) is 7.82 Å². The van der Waals surface area contributed by atoms with Gasteiger partial charge in [0, 0.05) is 6.42 Å². The van der Waals surface area contributed by atoms with E-state index in [1.54, 1.807) is 6.08 Å². The molecule has 3 unspecified atom stereocenters. The summed E-state index contributed by atoms with van der Waals surface area (Å²) >= 11 is 0. The molecule has 0 rings (SSSR count). The van der Waals surface area contributed by atoms with E-state index in [9.17, 15) is 19.4 Å². The second kappa shape index (κ2) is 50.4. The van der Waals surface area contributed by atoms with Gasteiger partial charge in [-0.05, 0) is 83.5 Å². The zero-order valence-corrected chi connectivity index (χ0v) is 46.1. The number of phosphoric ester groups is 1. The summed E-state index contributed by atoms with van der Waals surface area (Å²) in [4.78, 5) is 25.4. The van der Waals surface area contributed by atoms with Crippen molar-refractivity contribution in [3.8, 4) is 0 Å². The molecule has 0 fully saturated rings. The number of hydrogen-bond donors (Lipinski definition) is 2. The molecule has 0 spiro atoms. The van der Waals surface area contributed by atoms with Gasteiger partial charge in [0.2, 0.25) is 5.91 Å². The van der Waals surface area contributed by atoms with Gasteiger partial charge < -0.3 is 28.8 Å². The fraction of sp³-hybridized carbons (Fsp3) is 0.717. The number of quaternary nitrogens is 1. The van der Waals surface area contributed by atoms with Crippen molar-refractivity contribution in [2.45, 2.75) is 238 Å². The molecule has 0 saturated heterocycles. The van der Waals surface area contributed by atoms with Crippen molar-refractivity contribution >= 4 is 13.7 Å². The van der Waals surface area contributed by atoms with Gasteiger partial charge in [-0.25, -0.2) is 0 Å². The van der Waals surface area contributed by atoms with E-state index in [4.69, 9.17) is 9.05 Å². The quantitative estimate of drug-likeness (QED) is 0.0272. The van der Waals surface area contributed by atoms with Crippen LogP contribution < -0.4 is 10.2 Å². The lowest BCUT2D eigenvalue weighted by Crippen LogP contribution is -2.45. The zero-order valence-electron chi connectivity index (χ0n) is 45.2. The van der Waals surface area contributed by atoms with E-state index in [0.717, 1.165) is 70.6 Å². The Labute approximate surface area is 426 Å². The van der Waals surface area contributed by atoms with Gasteiger partial charge in [0.1, 0.15) is 13.2 Å². The molecule has 0 aromatic rings. The molecule has 0 radical (unpaired) electrons. The van der Waals surface area contributed by atoms with Crippen LogP contribution in [0.25, 0.3) is 0 Å². The van der Waals surface area contributed by atoms with E-state index in [0.29, 0.717) is 17.4 Å². The van der Waals surface area contributed by atoms with Gasteiger partial charge in [0.05, 0.1) is 39.9 Å². The van der Waals surface area contributed by atoms with Crippen molar-refractivity contribution in [2.75, 3.05) is 40.9 Å². The van der Waals surface area contributed by atoms with Crippen molar-refractivity contribution in [2.24, 2.45) is 0 Å². The SMILES string of the molecule is CC/C=C\C/C=C\C/C=C\C/C=C\C/C=C\C/C=C\CCCCC(=O)NC(COP(=O)([O-])OCC[N+](C)(C)C)C(O)/C=C/CC/C=C/CCCCCCCCCCCCCCCCCCCCCC. The first-order valence-corrected chi connectivity index (χ1v) is 29.6. The topological polar surface area (TPSA) is 108 Å². The van der Waals surface area contributed by atoms with E-state index in [1.165, 1.54) is 128 Å². The van der Waals surface area contributed by atoms with E-state index < -0.39 is 26.6 Å². The largest absolute Gasteiger partial charge is 0.756 e. The number of aliphatic hydroxyl groups is 1. The van der Waals surface area contributed by atoms with E-state index in [2.05, 4.69) is 104 Å². The van der Waals surface area contributed by atoms with E-state index in [1.807, 2.05) is 27.2 Å². The monoisotopic (exact) mass is 983 g/mol. The standard InChI is InChI=1S/C60H107N2O6P/c1-6-8-10-12-14-16-18-20-22-24-26-28-29-30-31-32-34-35-37-39-41-43-45-47-49-51-53-59(63)58(57-68-69(65,66)67-56-55-62(3,4)5)61-60(64)54-52-50-48-46-44-42-40-38-36-33-27-25-23-21-19-17-15-13-11-9-7-2/h9,11,15,17,21,23,27,33,38,40,43-46,51,53,58-59,63H,6-8,10,12-14,16,18-20,22,24-26,28-32,34-37,39,41-42,47-50,52,54-57H2,1-5H3,(H-,61,64,65,66)/b11-9-,17-15-,23-21-,33-27-,40-38-,45-43+,46-44-,53-51+. The summed E-state index contributed by atoms with van der Waals surface area (Å²) in [6, 6.07) is -0.934. The van der Waals surface area contributed by atoms with Crippen molar-refractivity contribution in [1.29, 1.82) is 0 Å². The number of aliphatic hydroxyl groups excluding tert-OH is 1. The molecular weight excluding hydrogens is 876 g/mol. The molecule has 0 aliphatic rings. The van der Waals surface area contributed by atoms with Gasteiger partial charge in [-0.3, -0.25) is 9.36 Å². The fourth-order valence-corrected chi connectivity index (χ4v) is 8.37. The zero-order chi connectivity index (χ0) is 50.6. The lowest BCUT2D eigenvalue weighted by Gasteiger charge is -2.29. The first-order valence-electron chi connectivity index (χ1n) is 28.1. The van der Waals surface area contributed by atoms with Crippen molar-refractivity contribution < 1.29 is 32.9 Å². The number of carbonyl (C=O) groups excluding carboxylic acids is 1. The van der Waals surface area contributed by atoms with Crippen LogP contribution in [0, 0.1) is 0 Å². The van der Waals surface area contributed by atoms with Crippen LogP contribution in [0.1, 0.15) is 226 Å². The summed E-state index contributed by atoms with van der Waals surface area (Å²) in [7, 11) is 1.20. The second-order valence-corrected chi connectivity index (χ2v) is 21.3. The minimum absolute atomic E-state index is 0.0202. The van der Waals surface area contributed by atoms with Crippen LogP contribution in [0.4, 0.5) is 0 Å². The Morgan fingerprint density at radius 1 is 0.522 bits per heavy atom. The number of amides is 1. The molecule has 3 atom stereocenters. The summed E-state index contributed by atoms with van der Waals surface area (Å²) in [6.45, 7) is 4.48. The Morgan fingerprint density at radius 2 is 0.899 bits per heavy atom. The van der Waals surface area contributed by atoms with Gasteiger partial charge in [-0.15, -0.1) is 0 Å². The summed E-state index contributed by atoms with van der Waals surface area (Å²) in [5, 5.41) is 13.8. The van der Waals surface area contributed by atoms with E-state index >= 15 is 0 Å². The fourth-order valence-electron chi connectivity index (χ4n) is 7.64. The van der Waals surface area contributed by atoms with Gasteiger partial charge >= 0.3 is 0 Å². The first kappa shape index (κ1) is 66.4. The first-order chi connectivity index (χ1) is 33.5. The Kier molecular flexibility index (Phi) is 48.5. The average Bonchev–Trinajstić information content (AvgIpc) is 3.31. The Balaban J connectivity index is 4.37. The molecule has 0 heterocycles. The number of carbonyl (C=O) groups is 1. The lowest BCUT2D eigenvalue weighted by atomic mass is 10.0. The summed E-state index contributed by atoms with van der Waals surface area (Å²) in [5.74, 6) is -0.251. The van der Waals surface area contributed by atoms with Crippen LogP contribution in [-0.2, 0) is 18.4 Å². The summed E-state index contributed by atoms with van der Waals surface area (Å²) in [6.07, 6.45) is 72.1. The molecule has 0 saturated carbocycles. The molecule has 69 heavy (non-hydrogen) atoms. The van der Waals surface area contributed by atoms with Gasteiger partial charge in [0.15, 0.2) is 0 Å². The molecule has 9 heteroatoms. The van der Waals surface area contributed by atoms with Crippen molar-refractivity contribution in [3.05, 3.63) is 97.2 Å². The third-order valence-electron chi connectivity index (χ3n) is 12.0. The maximum absolute atomic E-state index is 12.9. The molecular formula is C60H107N2O6P. The second-order valence-electron chi connectivity index (χ2n) is 19.9. The highest BCUT2D eigenvalue weighted by atomic mass is 31.2. The van der Waals surface area contributed by atoms with E-state index in [-0.39, 0.29) is 18.9 Å². The molecule has 1 amide bonds. The van der Waals surface area contributed by atoms with Crippen LogP contribution in [-0.4, -0.2) is 68.5 Å². The molecule has 0 aromatic heterocycles.